The van der Waals surface area contributed by atoms with Crippen LogP contribution < -0.4 is 0 Å². The highest BCUT2D eigenvalue weighted by Gasteiger charge is 2.32. The number of carboxylic acid groups (broad SMARTS) is 1. The van der Waals surface area contributed by atoms with Gasteiger partial charge in [0, 0.05) is 0 Å². The third-order valence-electron chi connectivity index (χ3n) is 1.64. The molecule has 0 saturated carbocycles. The van der Waals surface area contributed by atoms with Gasteiger partial charge in [0.15, 0.2) is 0 Å². The number of rotatable bonds is 6. The second kappa shape index (κ2) is 5.50. The Morgan fingerprint density at radius 3 is 1.82 bits per heavy atom. The highest BCUT2D eigenvalue weighted by Crippen LogP contribution is 2.16. The summed E-state index contributed by atoms with van der Waals surface area (Å²) in [6.07, 6.45) is 3.18. The van der Waals surface area contributed by atoms with Gasteiger partial charge in [-0.3, -0.25) is 0 Å². The van der Waals surface area contributed by atoms with Crippen LogP contribution >= 0.6 is 0 Å². The first-order chi connectivity index (χ1) is 7.51. The molecule has 0 radical (unpaired) electrons. The Bertz CT molecular complexity index is 484. The lowest BCUT2D eigenvalue weighted by molar-refractivity contribution is -0.133. The molecule has 0 bridgehead atoms. The van der Waals surface area contributed by atoms with Crippen LogP contribution in [-0.4, -0.2) is 44.1 Å². The number of unbranched alkanes of at least 4 members (excludes halogenated alkanes) is 1. The van der Waals surface area contributed by atoms with Crippen LogP contribution in [0.1, 0.15) is 19.8 Å². The molecule has 9 heteroatoms. The minimum absolute atomic E-state index is 0.0714. The van der Waals surface area contributed by atoms with Gasteiger partial charge in [0.2, 0.25) is 20.0 Å². The Labute approximate surface area is 101 Å². The lowest BCUT2D eigenvalue weighted by Gasteiger charge is -2.19. The third kappa shape index (κ3) is 4.73. The zero-order chi connectivity index (χ0) is 13.9. The van der Waals surface area contributed by atoms with E-state index in [-0.39, 0.29) is 10.1 Å². The summed E-state index contributed by atoms with van der Waals surface area (Å²) in [5.41, 5.74) is -0.767. The summed E-state index contributed by atoms with van der Waals surface area (Å²) in [6.45, 7) is 1.75. The second-order valence-corrected chi connectivity index (χ2v) is 7.30. The number of carbonyl (C=O) groups is 1. The number of hydrogen-bond acceptors (Lipinski definition) is 5. The summed E-state index contributed by atoms with van der Waals surface area (Å²) in [6, 6.07) is 0. The molecule has 0 aliphatic carbocycles. The number of sulfonamides is 2. The second-order valence-electron chi connectivity index (χ2n) is 3.41. The van der Waals surface area contributed by atoms with Gasteiger partial charge in [0.05, 0.1) is 12.5 Å². The largest absolute Gasteiger partial charge is 0.477 e. The smallest absolute Gasteiger partial charge is 0.354 e. The fraction of sp³-hybridized carbons (Fsp3) is 0.625. The summed E-state index contributed by atoms with van der Waals surface area (Å²) in [7, 11) is -8.40. The van der Waals surface area contributed by atoms with Crippen LogP contribution in [0.4, 0.5) is 0 Å². The van der Waals surface area contributed by atoms with Gasteiger partial charge in [0.25, 0.3) is 0 Å². The van der Waals surface area contributed by atoms with E-state index in [1.165, 1.54) is 0 Å². The molecule has 0 aliphatic rings. The van der Waals surface area contributed by atoms with Crippen molar-refractivity contribution in [3.63, 3.8) is 0 Å². The molecular weight excluding hydrogens is 270 g/mol. The van der Waals surface area contributed by atoms with E-state index in [4.69, 9.17) is 5.11 Å². The normalized spacial score (nSPS) is 13.5. The highest BCUT2D eigenvalue weighted by atomic mass is 32.3. The summed E-state index contributed by atoms with van der Waals surface area (Å²) in [4.78, 5) is 10.9. The van der Waals surface area contributed by atoms with Crippen molar-refractivity contribution < 1.29 is 26.7 Å². The molecule has 0 fully saturated rings. The SMILES string of the molecule is CCC/C=C(\C(=O)O)N(S(C)(=O)=O)S(C)(=O)=O. The Morgan fingerprint density at radius 2 is 1.59 bits per heavy atom. The van der Waals surface area contributed by atoms with E-state index in [1.54, 1.807) is 6.92 Å². The number of nitrogens with zero attached hydrogens (tertiary/aromatic N) is 1. The van der Waals surface area contributed by atoms with E-state index < -0.39 is 31.7 Å². The lowest BCUT2D eigenvalue weighted by atomic mass is 10.3. The maximum Gasteiger partial charge on any atom is 0.354 e. The standard InChI is InChI=1S/C8H15NO6S2/c1-4-5-6-7(8(10)11)9(16(2,12)13)17(3,14)15/h6H,4-5H2,1-3H3,(H,10,11)/b7-6+. The molecule has 0 amide bonds. The van der Waals surface area contributed by atoms with Gasteiger partial charge in [-0.1, -0.05) is 19.4 Å². The maximum absolute atomic E-state index is 11.3. The molecule has 0 heterocycles. The predicted octanol–water partition coefficient (Wildman–Crippen LogP) is -0.0238. The summed E-state index contributed by atoms with van der Waals surface area (Å²) in [5.74, 6) is -1.60. The Morgan fingerprint density at radius 1 is 1.18 bits per heavy atom. The van der Waals surface area contributed by atoms with Crippen LogP contribution in [-0.2, 0) is 24.8 Å². The molecule has 0 spiro atoms. The summed E-state index contributed by atoms with van der Waals surface area (Å²) >= 11 is 0. The van der Waals surface area contributed by atoms with E-state index in [9.17, 15) is 21.6 Å². The molecular formula is C8H15NO6S2. The molecule has 1 N–H and O–H groups in total. The van der Waals surface area contributed by atoms with E-state index in [2.05, 4.69) is 0 Å². The molecule has 0 aromatic rings. The van der Waals surface area contributed by atoms with Gasteiger partial charge in [0.1, 0.15) is 5.70 Å². The van der Waals surface area contributed by atoms with E-state index in [0.29, 0.717) is 18.9 Å². The fourth-order valence-corrected chi connectivity index (χ4v) is 4.11. The Hall–Kier alpha value is -1.09. The molecule has 0 rings (SSSR count). The van der Waals surface area contributed by atoms with Gasteiger partial charge in [-0.05, 0) is 6.42 Å². The predicted molar refractivity (Wildman–Crippen MR) is 62.2 cm³/mol. The fourth-order valence-electron chi connectivity index (χ4n) is 1.12. The first-order valence-electron chi connectivity index (χ1n) is 4.65. The van der Waals surface area contributed by atoms with Crippen molar-refractivity contribution in [1.29, 1.82) is 0 Å². The third-order valence-corrected chi connectivity index (χ3v) is 4.87. The zero-order valence-corrected chi connectivity index (χ0v) is 11.4. The van der Waals surface area contributed by atoms with Crippen molar-refractivity contribution in [3.8, 4) is 0 Å². The van der Waals surface area contributed by atoms with Gasteiger partial charge in [-0.2, -0.15) is 3.71 Å². The van der Waals surface area contributed by atoms with Crippen molar-refractivity contribution >= 4 is 26.0 Å². The van der Waals surface area contributed by atoms with Gasteiger partial charge in [-0.15, -0.1) is 0 Å². The van der Waals surface area contributed by atoms with Crippen LogP contribution in [0.5, 0.6) is 0 Å². The monoisotopic (exact) mass is 285 g/mol. The minimum Gasteiger partial charge on any atom is -0.477 e. The molecule has 0 atom stereocenters. The number of carboxylic acids is 1. The molecule has 0 saturated heterocycles. The maximum atomic E-state index is 11.3. The first-order valence-corrected chi connectivity index (χ1v) is 8.35. The average molecular weight is 285 g/mol. The van der Waals surface area contributed by atoms with Crippen molar-refractivity contribution in [2.75, 3.05) is 12.5 Å². The molecule has 0 unspecified atom stereocenters. The lowest BCUT2D eigenvalue weighted by Crippen LogP contribution is -2.37. The quantitative estimate of drug-likeness (QED) is 0.687. The van der Waals surface area contributed by atoms with Crippen LogP contribution in [0.2, 0.25) is 0 Å². The minimum atomic E-state index is -4.20. The average Bonchev–Trinajstić information content (AvgIpc) is 2.06. The summed E-state index contributed by atoms with van der Waals surface area (Å²) in [5, 5.41) is 8.86. The first kappa shape index (κ1) is 15.9. The van der Waals surface area contributed by atoms with Gasteiger partial charge < -0.3 is 5.11 Å². The van der Waals surface area contributed by atoms with Crippen molar-refractivity contribution in [2.45, 2.75) is 19.8 Å². The molecule has 17 heavy (non-hydrogen) atoms. The van der Waals surface area contributed by atoms with E-state index >= 15 is 0 Å². The Balaban J connectivity index is 5.84. The molecule has 0 aromatic carbocycles. The molecule has 0 aromatic heterocycles. The highest BCUT2D eigenvalue weighted by molar-refractivity contribution is 8.03. The zero-order valence-electron chi connectivity index (χ0n) is 9.74. The molecule has 100 valence electrons. The molecule has 7 nitrogen and oxygen atoms in total. The van der Waals surface area contributed by atoms with Crippen molar-refractivity contribution in [2.24, 2.45) is 0 Å². The van der Waals surface area contributed by atoms with Gasteiger partial charge >= 0.3 is 5.97 Å². The number of allylic oxidation sites excluding steroid dienone is 1. The molecule has 0 aliphatic heterocycles. The topological polar surface area (TPSA) is 109 Å². The van der Waals surface area contributed by atoms with E-state index in [1.807, 2.05) is 0 Å². The summed E-state index contributed by atoms with van der Waals surface area (Å²) < 4.78 is 45.2. The Kier molecular flexibility index (Phi) is 5.14. The number of aliphatic carboxylic acids is 1. The van der Waals surface area contributed by atoms with Crippen molar-refractivity contribution in [1.82, 2.24) is 3.71 Å². The van der Waals surface area contributed by atoms with Crippen LogP contribution in [0.3, 0.4) is 0 Å². The van der Waals surface area contributed by atoms with Crippen LogP contribution in [0.15, 0.2) is 11.8 Å². The van der Waals surface area contributed by atoms with E-state index in [0.717, 1.165) is 6.08 Å². The van der Waals surface area contributed by atoms with Gasteiger partial charge in [-0.25, -0.2) is 21.6 Å². The van der Waals surface area contributed by atoms with Crippen molar-refractivity contribution in [3.05, 3.63) is 11.8 Å². The van der Waals surface area contributed by atoms with Crippen LogP contribution in [0, 0.1) is 0 Å². The van der Waals surface area contributed by atoms with Crippen LogP contribution in [0.25, 0.3) is 0 Å². The number of hydrogen-bond donors (Lipinski definition) is 1.